The lowest BCUT2D eigenvalue weighted by Gasteiger charge is -2.21. The maximum Gasteiger partial charge on any atom is 0.179 e. The first kappa shape index (κ1) is 14.4. The van der Waals surface area contributed by atoms with Gasteiger partial charge < -0.3 is 9.47 Å². The van der Waals surface area contributed by atoms with E-state index >= 15 is 0 Å². The summed E-state index contributed by atoms with van der Waals surface area (Å²) in [4.78, 5) is 0.377. The van der Waals surface area contributed by atoms with Crippen molar-refractivity contribution in [2.45, 2.75) is 42.0 Å². The molecule has 4 nitrogen and oxygen atoms in total. The molecule has 0 saturated carbocycles. The van der Waals surface area contributed by atoms with Gasteiger partial charge in [-0.1, -0.05) is 18.2 Å². The average molecular weight is 314 g/mol. The average Bonchev–Trinajstić information content (AvgIpc) is 2.87. The van der Waals surface area contributed by atoms with Gasteiger partial charge in [-0.05, 0) is 26.0 Å². The summed E-state index contributed by atoms with van der Waals surface area (Å²) >= 11 is 1.63. The van der Waals surface area contributed by atoms with Crippen molar-refractivity contribution in [1.29, 1.82) is 0 Å². The minimum Gasteiger partial charge on any atom is -0.344 e. The van der Waals surface area contributed by atoms with Crippen LogP contribution < -0.4 is 0 Å². The van der Waals surface area contributed by atoms with Crippen molar-refractivity contribution in [2.24, 2.45) is 0 Å². The van der Waals surface area contributed by atoms with Crippen molar-refractivity contribution in [2.75, 3.05) is 11.5 Å². The monoisotopic (exact) mass is 314 g/mol. The van der Waals surface area contributed by atoms with E-state index in [-0.39, 0.29) is 23.2 Å². The molecule has 1 aromatic carbocycles. The van der Waals surface area contributed by atoms with Gasteiger partial charge in [-0.25, -0.2) is 8.42 Å². The van der Waals surface area contributed by atoms with E-state index in [0.717, 1.165) is 5.75 Å². The Bertz CT molecular complexity index is 582. The highest BCUT2D eigenvalue weighted by Crippen LogP contribution is 2.42. The molecule has 0 N–H and O–H groups in total. The molecule has 1 aromatic rings. The predicted octanol–water partition coefficient (Wildman–Crippen LogP) is 2.10. The first-order chi connectivity index (χ1) is 9.37. The van der Waals surface area contributed by atoms with Gasteiger partial charge in [0, 0.05) is 11.0 Å². The van der Waals surface area contributed by atoms with E-state index in [1.807, 2.05) is 19.9 Å². The lowest BCUT2D eigenvalue weighted by molar-refractivity contribution is -0.145. The van der Waals surface area contributed by atoms with Crippen LogP contribution in [-0.4, -0.2) is 43.2 Å². The van der Waals surface area contributed by atoms with Crippen LogP contribution in [0.1, 0.15) is 13.8 Å². The van der Waals surface area contributed by atoms with Crippen molar-refractivity contribution in [3.63, 3.8) is 0 Å². The number of hydrogen-bond acceptors (Lipinski definition) is 5. The van der Waals surface area contributed by atoms with Crippen LogP contribution in [0.3, 0.4) is 0 Å². The Morgan fingerprint density at radius 2 is 1.95 bits per heavy atom. The van der Waals surface area contributed by atoms with Crippen molar-refractivity contribution in [3.8, 4) is 0 Å². The Kier molecular flexibility index (Phi) is 3.61. The summed E-state index contributed by atoms with van der Waals surface area (Å²) in [5.41, 5.74) is 0. The van der Waals surface area contributed by atoms with Crippen LogP contribution >= 0.6 is 11.8 Å². The molecule has 2 heterocycles. The molecule has 6 heteroatoms. The second-order valence-electron chi connectivity index (χ2n) is 5.60. The van der Waals surface area contributed by atoms with Crippen LogP contribution in [0.25, 0.3) is 0 Å². The van der Waals surface area contributed by atoms with Crippen LogP contribution in [0.5, 0.6) is 0 Å². The molecule has 2 aliphatic heterocycles. The second-order valence-corrected chi connectivity index (χ2v) is 8.91. The van der Waals surface area contributed by atoms with Gasteiger partial charge in [-0.3, -0.25) is 0 Å². The van der Waals surface area contributed by atoms with E-state index in [2.05, 4.69) is 0 Å². The third-order valence-electron chi connectivity index (χ3n) is 3.55. The number of hydrogen-bond donors (Lipinski definition) is 0. The zero-order chi connectivity index (χ0) is 14.4. The molecular formula is C14H18O4S2. The summed E-state index contributed by atoms with van der Waals surface area (Å²) in [6, 6.07) is 8.59. The predicted molar refractivity (Wildman–Crippen MR) is 78.6 cm³/mol. The zero-order valence-corrected chi connectivity index (χ0v) is 13.1. The highest BCUT2D eigenvalue weighted by atomic mass is 32.2. The summed E-state index contributed by atoms with van der Waals surface area (Å²) in [6.45, 7) is 3.75. The highest BCUT2D eigenvalue weighted by Gasteiger charge is 2.50. The lowest BCUT2D eigenvalue weighted by atomic mass is 10.2. The molecular weight excluding hydrogens is 296 g/mol. The number of benzene rings is 1. The summed E-state index contributed by atoms with van der Waals surface area (Å²) in [5, 5.41) is -0.0630. The molecule has 2 fully saturated rings. The number of rotatable bonds is 3. The first-order valence-electron chi connectivity index (χ1n) is 6.62. The van der Waals surface area contributed by atoms with E-state index in [1.165, 1.54) is 0 Å². The van der Waals surface area contributed by atoms with Gasteiger partial charge in [-0.15, -0.1) is 0 Å². The molecule has 3 rings (SSSR count). The largest absolute Gasteiger partial charge is 0.344 e. The van der Waals surface area contributed by atoms with Crippen LogP contribution in [0, 0.1) is 0 Å². The molecule has 2 saturated heterocycles. The molecule has 0 amide bonds. The Balaban J connectivity index is 1.76. The molecule has 0 aliphatic carbocycles. The smallest absolute Gasteiger partial charge is 0.179 e. The minimum absolute atomic E-state index is 0.00553. The van der Waals surface area contributed by atoms with Gasteiger partial charge in [0.1, 0.15) is 6.10 Å². The normalized spacial score (nSPS) is 32.2. The Morgan fingerprint density at radius 1 is 1.25 bits per heavy atom. The molecule has 0 radical (unpaired) electrons. The first-order valence-corrected chi connectivity index (χ1v) is 9.33. The van der Waals surface area contributed by atoms with Gasteiger partial charge in [-0.2, -0.15) is 11.8 Å². The quantitative estimate of drug-likeness (QED) is 0.855. The SMILES string of the molecule is CC1(C)O[C@H]2[C@H](CS[C@H]2CS(=O)(=O)c2ccccc2)O1. The molecule has 110 valence electrons. The number of thioether (sulfide) groups is 1. The van der Waals surface area contributed by atoms with E-state index in [1.54, 1.807) is 36.0 Å². The maximum atomic E-state index is 12.4. The lowest BCUT2D eigenvalue weighted by Crippen LogP contribution is -2.32. The van der Waals surface area contributed by atoms with Crippen LogP contribution in [0.15, 0.2) is 35.2 Å². The Labute approximate surface area is 123 Å². The highest BCUT2D eigenvalue weighted by molar-refractivity contribution is 8.01. The molecule has 0 bridgehead atoms. The Morgan fingerprint density at radius 3 is 2.65 bits per heavy atom. The van der Waals surface area contributed by atoms with Crippen LogP contribution in [-0.2, 0) is 19.3 Å². The summed E-state index contributed by atoms with van der Waals surface area (Å²) in [5.74, 6) is 0.288. The van der Waals surface area contributed by atoms with Crippen molar-refractivity contribution >= 4 is 21.6 Å². The molecule has 0 aromatic heterocycles. The number of sulfone groups is 1. The summed E-state index contributed by atoms with van der Waals surface area (Å²) in [6.07, 6.45) is -0.125. The fourth-order valence-corrected chi connectivity index (χ4v) is 6.13. The van der Waals surface area contributed by atoms with E-state index in [4.69, 9.17) is 9.47 Å². The topological polar surface area (TPSA) is 52.6 Å². The van der Waals surface area contributed by atoms with Crippen LogP contribution in [0.2, 0.25) is 0 Å². The van der Waals surface area contributed by atoms with E-state index < -0.39 is 15.6 Å². The van der Waals surface area contributed by atoms with Crippen LogP contribution in [0.4, 0.5) is 0 Å². The third-order valence-corrected chi connectivity index (χ3v) is 6.93. The standard InChI is InChI=1S/C14H18O4S2/c1-14(2)17-11-8-19-12(13(11)18-14)9-20(15,16)10-6-4-3-5-7-10/h3-7,11-13H,8-9H2,1-2H3/t11-,12-,13-/m0/s1. The zero-order valence-electron chi connectivity index (χ0n) is 11.5. The number of fused-ring (bicyclic) bond motifs is 1. The minimum atomic E-state index is -3.28. The third kappa shape index (κ3) is 2.74. The van der Waals surface area contributed by atoms with Crippen molar-refractivity contribution in [3.05, 3.63) is 30.3 Å². The molecule has 0 unspecified atom stereocenters. The van der Waals surface area contributed by atoms with Gasteiger partial charge in [0.05, 0.1) is 16.8 Å². The fourth-order valence-electron chi connectivity index (χ4n) is 2.70. The summed E-state index contributed by atoms with van der Waals surface area (Å²) < 4.78 is 36.5. The van der Waals surface area contributed by atoms with E-state index in [9.17, 15) is 8.42 Å². The van der Waals surface area contributed by atoms with E-state index in [0.29, 0.717) is 4.90 Å². The van der Waals surface area contributed by atoms with Gasteiger partial charge in [0.2, 0.25) is 0 Å². The van der Waals surface area contributed by atoms with Gasteiger partial charge in [0.25, 0.3) is 0 Å². The number of ether oxygens (including phenoxy) is 2. The second kappa shape index (κ2) is 5.02. The van der Waals surface area contributed by atoms with Gasteiger partial charge in [0.15, 0.2) is 15.6 Å². The maximum absolute atomic E-state index is 12.4. The Hall–Kier alpha value is -0.560. The van der Waals surface area contributed by atoms with Gasteiger partial charge >= 0.3 is 0 Å². The molecule has 20 heavy (non-hydrogen) atoms. The molecule has 3 atom stereocenters. The molecule has 0 spiro atoms. The van der Waals surface area contributed by atoms with Crippen molar-refractivity contribution in [1.82, 2.24) is 0 Å². The summed E-state index contributed by atoms with van der Waals surface area (Å²) in [7, 11) is -3.28. The fraction of sp³-hybridized carbons (Fsp3) is 0.571. The molecule has 2 aliphatic rings. The van der Waals surface area contributed by atoms with Crippen molar-refractivity contribution < 1.29 is 17.9 Å².